The maximum absolute atomic E-state index is 5.96. The summed E-state index contributed by atoms with van der Waals surface area (Å²) in [5.74, 6) is 0.891. The van der Waals surface area contributed by atoms with Crippen LogP contribution in [0.25, 0.3) is 0 Å². The third kappa shape index (κ3) is 2.24. The van der Waals surface area contributed by atoms with Crippen LogP contribution in [0.15, 0.2) is 21.1 Å². The van der Waals surface area contributed by atoms with Crippen LogP contribution in [0, 0.1) is 0 Å². The van der Waals surface area contributed by atoms with Crippen molar-refractivity contribution in [2.45, 2.75) is 12.5 Å². The standard InChI is InChI=1S/C9H9Br2NO.ClH/c10-5-3-6-8(12)1-2-13-9(6)7(11)4-5;/h3-4,8H,1-2,12H2;1H/t8-;/m0./s1. The molecule has 0 unspecified atom stereocenters. The summed E-state index contributed by atoms with van der Waals surface area (Å²) in [4.78, 5) is 0. The fourth-order valence-electron chi connectivity index (χ4n) is 1.45. The van der Waals surface area contributed by atoms with Gasteiger partial charge in [0.2, 0.25) is 0 Å². The maximum Gasteiger partial charge on any atom is 0.138 e. The van der Waals surface area contributed by atoms with Gasteiger partial charge in [-0.3, -0.25) is 0 Å². The molecule has 0 amide bonds. The molecule has 78 valence electrons. The van der Waals surface area contributed by atoms with E-state index in [2.05, 4.69) is 31.9 Å². The van der Waals surface area contributed by atoms with Crippen LogP contribution in [-0.2, 0) is 0 Å². The van der Waals surface area contributed by atoms with Gasteiger partial charge in [-0.2, -0.15) is 0 Å². The van der Waals surface area contributed by atoms with E-state index in [4.69, 9.17) is 10.5 Å². The quantitative estimate of drug-likeness (QED) is 0.783. The number of ether oxygens (including phenoxy) is 1. The molecule has 0 aliphatic carbocycles. The SMILES string of the molecule is Cl.N[C@H]1CCOc2c(Br)cc(Br)cc21. The highest BCUT2D eigenvalue weighted by Gasteiger charge is 2.20. The Hall–Kier alpha value is 0.230. The molecular formula is C9H10Br2ClNO. The monoisotopic (exact) mass is 341 g/mol. The number of nitrogens with two attached hydrogens (primary N) is 1. The van der Waals surface area contributed by atoms with Crippen molar-refractivity contribution >= 4 is 44.3 Å². The van der Waals surface area contributed by atoms with Crippen LogP contribution < -0.4 is 10.5 Å². The fourth-order valence-corrected chi connectivity index (χ4v) is 2.82. The van der Waals surface area contributed by atoms with Crippen LogP contribution in [0.4, 0.5) is 0 Å². The molecule has 0 aromatic heterocycles. The molecular weight excluding hydrogens is 333 g/mol. The van der Waals surface area contributed by atoms with Gasteiger partial charge in [-0.05, 0) is 28.1 Å². The Morgan fingerprint density at radius 3 is 2.79 bits per heavy atom. The zero-order chi connectivity index (χ0) is 9.42. The minimum absolute atomic E-state index is 0. The first-order chi connectivity index (χ1) is 6.18. The second-order valence-electron chi connectivity index (χ2n) is 3.05. The van der Waals surface area contributed by atoms with E-state index >= 15 is 0 Å². The predicted octanol–water partition coefficient (Wildman–Crippen LogP) is 3.42. The molecule has 0 saturated heterocycles. The molecule has 1 aliphatic rings. The normalized spacial score (nSPS) is 19.2. The van der Waals surface area contributed by atoms with E-state index in [-0.39, 0.29) is 18.4 Å². The van der Waals surface area contributed by atoms with Crippen molar-refractivity contribution < 1.29 is 4.74 Å². The highest BCUT2D eigenvalue weighted by molar-refractivity contribution is 9.11. The number of fused-ring (bicyclic) bond motifs is 1. The Morgan fingerprint density at radius 1 is 1.36 bits per heavy atom. The fraction of sp³-hybridized carbons (Fsp3) is 0.333. The molecule has 1 aliphatic heterocycles. The smallest absolute Gasteiger partial charge is 0.138 e. The van der Waals surface area contributed by atoms with Crippen LogP contribution in [0.1, 0.15) is 18.0 Å². The van der Waals surface area contributed by atoms with Gasteiger partial charge >= 0.3 is 0 Å². The Balaban J connectivity index is 0.000000980. The van der Waals surface area contributed by atoms with Crippen molar-refractivity contribution in [3.63, 3.8) is 0 Å². The molecule has 1 aromatic carbocycles. The lowest BCUT2D eigenvalue weighted by molar-refractivity contribution is 0.267. The van der Waals surface area contributed by atoms with Gasteiger partial charge in [-0.15, -0.1) is 12.4 Å². The summed E-state index contributed by atoms with van der Waals surface area (Å²) in [6.45, 7) is 0.703. The summed E-state index contributed by atoms with van der Waals surface area (Å²) in [5, 5.41) is 0. The molecule has 0 spiro atoms. The Bertz CT molecular complexity index is 346. The minimum atomic E-state index is 0. The van der Waals surface area contributed by atoms with Crippen LogP contribution in [0.3, 0.4) is 0 Å². The van der Waals surface area contributed by atoms with Crippen molar-refractivity contribution in [1.29, 1.82) is 0 Å². The summed E-state index contributed by atoms with van der Waals surface area (Å²) in [6, 6.07) is 4.08. The topological polar surface area (TPSA) is 35.2 Å². The van der Waals surface area contributed by atoms with E-state index in [1.807, 2.05) is 12.1 Å². The van der Waals surface area contributed by atoms with Gasteiger partial charge in [0.1, 0.15) is 5.75 Å². The van der Waals surface area contributed by atoms with Crippen molar-refractivity contribution in [3.05, 3.63) is 26.6 Å². The number of hydrogen-bond donors (Lipinski definition) is 1. The molecule has 1 aromatic rings. The van der Waals surface area contributed by atoms with Gasteiger partial charge in [0.15, 0.2) is 0 Å². The van der Waals surface area contributed by atoms with Crippen LogP contribution in [0.5, 0.6) is 5.75 Å². The summed E-state index contributed by atoms with van der Waals surface area (Å²) in [6.07, 6.45) is 0.885. The zero-order valence-electron chi connectivity index (χ0n) is 7.30. The summed E-state index contributed by atoms with van der Waals surface area (Å²) < 4.78 is 7.52. The molecule has 0 saturated carbocycles. The molecule has 0 radical (unpaired) electrons. The third-order valence-corrected chi connectivity index (χ3v) is 3.16. The largest absolute Gasteiger partial charge is 0.492 e. The zero-order valence-corrected chi connectivity index (χ0v) is 11.3. The van der Waals surface area contributed by atoms with Gasteiger partial charge in [-0.25, -0.2) is 0 Å². The Morgan fingerprint density at radius 2 is 2.07 bits per heavy atom. The molecule has 0 bridgehead atoms. The van der Waals surface area contributed by atoms with E-state index in [1.165, 1.54) is 0 Å². The van der Waals surface area contributed by atoms with Crippen molar-refractivity contribution in [1.82, 2.24) is 0 Å². The van der Waals surface area contributed by atoms with Gasteiger partial charge in [0.25, 0.3) is 0 Å². The summed E-state index contributed by atoms with van der Waals surface area (Å²) in [7, 11) is 0. The Labute approximate surface area is 106 Å². The number of benzene rings is 1. The molecule has 1 atom stereocenters. The molecule has 2 rings (SSSR count). The van der Waals surface area contributed by atoms with E-state index in [0.717, 1.165) is 26.7 Å². The lowest BCUT2D eigenvalue weighted by Gasteiger charge is -2.24. The molecule has 5 heteroatoms. The van der Waals surface area contributed by atoms with Crippen LogP contribution >= 0.6 is 44.3 Å². The highest BCUT2D eigenvalue weighted by Crippen LogP contribution is 2.39. The van der Waals surface area contributed by atoms with Crippen molar-refractivity contribution in [2.24, 2.45) is 5.73 Å². The lowest BCUT2D eigenvalue weighted by Crippen LogP contribution is -2.20. The van der Waals surface area contributed by atoms with Gasteiger partial charge < -0.3 is 10.5 Å². The molecule has 14 heavy (non-hydrogen) atoms. The number of rotatable bonds is 0. The predicted molar refractivity (Wildman–Crippen MR) is 66.1 cm³/mol. The first-order valence-corrected chi connectivity index (χ1v) is 5.64. The highest BCUT2D eigenvalue weighted by atomic mass is 79.9. The number of halogens is 3. The molecule has 0 fully saturated rings. The minimum Gasteiger partial charge on any atom is -0.492 e. The van der Waals surface area contributed by atoms with Gasteiger partial charge in [-0.1, -0.05) is 15.9 Å². The van der Waals surface area contributed by atoms with Crippen LogP contribution in [0.2, 0.25) is 0 Å². The van der Waals surface area contributed by atoms with Crippen LogP contribution in [-0.4, -0.2) is 6.61 Å². The maximum atomic E-state index is 5.96. The second-order valence-corrected chi connectivity index (χ2v) is 4.82. The summed E-state index contributed by atoms with van der Waals surface area (Å²) in [5.41, 5.74) is 7.04. The van der Waals surface area contributed by atoms with Crippen molar-refractivity contribution in [2.75, 3.05) is 6.61 Å². The first-order valence-electron chi connectivity index (χ1n) is 4.06. The first kappa shape index (κ1) is 12.3. The third-order valence-electron chi connectivity index (χ3n) is 2.11. The lowest BCUT2D eigenvalue weighted by atomic mass is 10.0. The second kappa shape index (κ2) is 4.84. The summed E-state index contributed by atoms with van der Waals surface area (Å²) >= 11 is 6.88. The van der Waals surface area contributed by atoms with E-state index in [9.17, 15) is 0 Å². The van der Waals surface area contributed by atoms with E-state index in [1.54, 1.807) is 0 Å². The average Bonchev–Trinajstić information content (AvgIpc) is 2.07. The molecule has 1 heterocycles. The molecule has 2 N–H and O–H groups in total. The van der Waals surface area contributed by atoms with Crippen molar-refractivity contribution in [3.8, 4) is 5.75 Å². The van der Waals surface area contributed by atoms with E-state index < -0.39 is 0 Å². The van der Waals surface area contributed by atoms with E-state index in [0.29, 0.717) is 6.61 Å². The number of hydrogen-bond acceptors (Lipinski definition) is 2. The van der Waals surface area contributed by atoms with Gasteiger partial charge in [0, 0.05) is 22.5 Å². The Kier molecular flexibility index (Phi) is 4.25. The average molecular weight is 343 g/mol. The van der Waals surface area contributed by atoms with Gasteiger partial charge in [0.05, 0.1) is 11.1 Å². The molecule has 2 nitrogen and oxygen atoms in total.